The smallest absolute Gasteiger partial charge is 0.247 e. The molecule has 0 N–H and O–H groups in total. The Morgan fingerprint density at radius 2 is 2.15 bits per heavy atom. The minimum atomic E-state index is -0.128. The lowest BCUT2D eigenvalue weighted by atomic mass is 10.2. The van der Waals surface area contributed by atoms with Crippen LogP contribution in [0.2, 0.25) is 0 Å². The molecule has 0 saturated heterocycles. The predicted molar refractivity (Wildman–Crippen MR) is 107 cm³/mol. The van der Waals surface area contributed by atoms with Crippen molar-refractivity contribution in [1.29, 1.82) is 0 Å². The van der Waals surface area contributed by atoms with E-state index in [9.17, 15) is 4.79 Å². The van der Waals surface area contributed by atoms with E-state index in [4.69, 9.17) is 9.15 Å². The number of methoxy groups -OCH3 is 1. The molecule has 0 unspecified atom stereocenters. The van der Waals surface area contributed by atoms with Crippen molar-refractivity contribution in [2.75, 3.05) is 7.11 Å². The third-order valence-electron chi connectivity index (χ3n) is 3.93. The zero-order valence-corrected chi connectivity index (χ0v) is 16.4. The van der Waals surface area contributed by atoms with E-state index in [0.29, 0.717) is 18.8 Å². The first kappa shape index (κ1) is 18.9. The van der Waals surface area contributed by atoms with Gasteiger partial charge in [0.25, 0.3) is 0 Å². The highest BCUT2D eigenvalue weighted by atomic mass is 79.9. The fourth-order valence-corrected chi connectivity index (χ4v) is 3.00. The van der Waals surface area contributed by atoms with E-state index in [0.717, 1.165) is 21.4 Å². The van der Waals surface area contributed by atoms with E-state index in [-0.39, 0.29) is 5.91 Å². The van der Waals surface area contributed by atoms with E-state index in [1.54, 1.807) is 42.8 Å². The Morgan fingerprint density at radius 3 is 2.85 bits per heavy atom. The van der Waals surface area contributed by atoms with Gasteiger partial charge in [0.15, 0.2) is 0 Å². The Morgan fingerprint density at radius 1 is 1.26 bits per heavy atom. The highest BCUT2D eigenvalue weighted by Crippen LogP contribution is 2.24. The molecule has 0 aliphatic heterocycles. The fourth-order valence-electron chi connectivity index (χ4n) is 2.62. The van der Waals surface area contributed by atoms with Gasteiger partial charge in [0.05, 0.1) is 19.9 Å². The van der Waals surface area contributed by atoms with Crippen LogP contribution in [0.15, 0.2) is 76.1 Å². The van der Waals surface area contributed by atoms with Crippen LogP contribution < -0.4 is 4.74 Å². The zero-order chi connectivity index (χ0) is 19.1. The van der Waals surface area contributed by atoms with Crippen molar-refractivity contribution in [3.05, 3.63) is 88.6 Å². The summed E-state index contributed by atoms with van der Waals surface area (Å²) < 4.78 is 11.7. The van der Waals surface area contributed by atoms with Crippen molar-refractivity contribution in [1.82, 2.24) is 9.88 Å². The number of nitrogens with zero attached hydrogens (tertiary/aromatic N) is 2. The number of aromatic nitrogens is 1. The average Bonchev–Trinajstić information content (AvgIpc) is 3.19. The van der Waals surface area contributed by atoms with Gasteiger partial charge in [-0.05, 0) is 48.0 Å². The number of furan rings is 1. The summed E-state index contributed by atoms with van der Waals surface area (Å²) in [6.45, 7) is 0.814. The van der Waals surface area contributed by atoms with Crippen molar-refractivity contribution < 1.29 is 13.9 Å². The van der Waals surface area contributed by atoms with Crippen LogP contribution >= 0.6 is 15.9 Å². The van der Waals surface area contributed by atoms with Gasteiger partial charge >= 0.3 is 0 Å². The lowest BCUT2D eigenvalue weighted by Gasteiger charge is -2.20. The van der Waals surface area contributed by atoms with Gasteiger partial charge in [-0.15, -0.1) is 0 Å². The number of rotatable bonds is 7. The third-order valence-corrected chi connectivity index (χ3v) is 4.43. The minimum Gasteiger partial charge on any atom is -0.496 e. The van der Waals surface area contributed by atoms with Gasteiger partial charge in [-0.1, -0.05) is 22.0 Å². The first-order chi connectivity index (χ1) is 13.2. The van der Waals surface area contributed by atoms with E-state index in [2.05, 4.69) is 20.9 Å². The SMILES string of the molecule is COc1ccc(Br)cc1/C=C/C(=O)N(Cc1cccnc1)Cc1ccco1. The van der Waals surface area contributed by atoms with Gasteiger partial charge in [-0.2, -0.15) is 0 Å². The van der Waals surface area contributed by atoms with Gasteiger partial charge in [-0.25, -0.2) is 0 Å². The van der Waals surface area contributed by atoms with Crippen LogP contribution in [-0.4, -0.2) is 22.9 Å². The van der Waals surface area contributed by atoms with Gasteiger partial charge in [0.2, 0.25) is 5.91 Å². The monoisotopic (exact) mass is 426 g/mol. The van der Waals surface area contributed by atoms with Gasteiger partial charge < -0.3 is 14.1 Å². The van der Waals surface area contributed by atoms with E-state index < -0.39 is 0 Å². The van der Waals surface area contributed by atoms with Crippen LogP contribution in [-0.2, 0) is 17.9 Å². The zero-order valence-electron chi connectivity index (χ0n) is 14.8. The summed E-state index contributed by atoms with van der Waals surface area (Å²) in [7, 11) is 1.61. The normalized spacial score (nSPS) is 10.9. The second kappa shape index (κ2) is 9.19. The summed E-state index contributed by atoms with van der Waals surface area (Å²) in [6, 6.07) is 13.1. The Bertz CT molecular complexity index is 908. The van der Waals surface area contributed by atoms with Crippen molar-refractivity contribution in [3.8, 4) is 5.75 Å². The molecule has 5 nitrogen and oxygen atoms in total. The Labute approximate surface area is 166 Å². The summed E-state index contributed by atoms with van der Waals surface area (Å²) >= 11 is 3.44. The molecule has 0 bridgehead atoms. The molecule has 0 spiro atoms. The maximum atomic E-state index is 12.9. The van der Waals surface area contributed by atoms with Crippen molar-refractivity contribution in [3.63, 3.8) is 0 Å². The lowest BCUT2D eigenvalue weighted by molar-refractivity contribution is -0.127. The molecule has 0 fully saturated rings. The number of carbonyl (C=O) groups excluding carboxylic acids is 1. The molecule has 2 aromatic heterocycles. The number of ether oxygens (including phenoxy) is 1. The molecule has 0 atom stereocenters. The average molecular weight is 427 g/mol. The minimum absolute atomic E-state index is 0.128. The number of hydrogen-bond acceptors (Lipinski definition) is 4. The number of pyridine rings is 1. The highest BCUT2D eigenvalue weighted by molar-refractivity contribution is 9.10. The van der Waals surface area contributed by atoms with Crippen molar-refractivity contribution in [2.24, 2.45) is 0 Å². The van der Waals surface area contributed by atoms with E-state index in [1.807, 2.05) is 42.5 Å². The molecule has 6 heteroatoms. The standard InChI is InChI=1S/C21H19BrN2O3/c1-26-20-8-7-18(22)12-17(20)6-9-21(25)24(15-19-5-3-11-27-19)14-16-4-2-10-23-13-16/h2-13H,14-15H2,1H3/b9-6+. The second-order valence-electron chi connectivity index (χ2n) is 5.85. The van der Waals surface area contributed by atoms with E-state index >= 15 is 0 Å². The van der Waals surface area contributed by atoms with Crippen LogP contribution in [0.5, 0.6) is 5.75 Å². The van der Waals surface area contributed by atoms with Crippen LogP contribution in [0.4, 0.5) is 0 Å². The van der Waals surface area contributed by atoms with Gasteiger partial charge in [-0.3, -0.25) is 9.78 Å². The molecule has 0 radical (unpaired) electrons. The number of hydrogen-bond donors (Lipinski definition) is 0. The van der Waals surface area contributed by atoms with Gasteiger partial charge in [0.1, 0.15) is 11.5 Å². The molecule has 3 aromatic rings. The second-order valence-corrected chi connectivity index (χ2v) is 6.77. The molecule has 1 aromatic carbocycles. The number of carbonyl (C=O) groups is 1. The fraction of sp³-hybridized carbons (Fsp3) is 0.143. The lowest BCUT2D eigenvalue weighted by Crippen LogP contribution is -2.28. The van der Waals surface area contributed by atoms with Crippen LogP contribution in [0.25, 0.3) is 6.08 Å². The number of halogens is 1. The molecule has 3 rings (SSSR count). The molecule has 27 heavy (non-hydrogen) atoms. The molecular formula is C21H19BrN2O3. The van der Waals surface area contributed by atoms with Crippen LogP contribution in [0.1, 0.15) is 16.9 Å². The summed E-state index contributed by atoms with van der Waals surface area (Å²) in [5.74, 6) is 1.30. The Kier molecular flexibility index (Phi) is 6.44. The summed E-state index contributed by atoms with van der Waals surface area (Å²) in [4.78, 5) is 18.7. The van der Waals surface area contributed by atoms with Crippen molar-refractivity contribution in [2.45, 2.75) is 13.1 Å². The van der Waals surface area contributed by atoms with Crippen molar-refractivity contribution >= 4 is 27.9 Å². The summed E-state index contributed by atoms with van der Waals surface area (Å²) in [5.41, 5.74) is 1.77. The maximum Gasteiger partial charge on any atom is 0.247 e. The topological polar surface area (TPSA) is 55.6 Å². The first-order valence-corrected chi connectivity index (χ1v) is 9.17. The molecule has 0 aliphatic rings. The Balaban J connectivity index is 1.80. The molecule has 0 aliphatic carbocycles. The van der Waals surface area contributed by atoms with E-state index in [1.165, 1.54) is 0 Å². The van der Waals surface area contributed by atoms with Crippen LogP contribution in [0, 0.1) is 0 Å². The summed E-state index contributed by atoms with van der Waals surface area (Å²) in [5, 5.41) is 0. The van der Waals surface area contributed by atoms with Crippen LogP contribution in [0.3, 0.4) is 0 Å². The largest absolute Gasteiger partial charge is 0.496 e. The molecule has 138 valence electrons. The predicted octanol–water partition coefficient (Wildman–Crippen LogP) is 4.69. The molecule has 0 saturated carbocycles. The molecular weight excluding hydrogens is 408 g/mol. The number of benzene rings is 1. The highest BCUT2D eigenvalue weighted by Gasteiger charge is 2.14. The van der Waals surface area contributed by atoms with Gasteiger partial charge in [0, 0.05) is 35.1 Å². The quantitative estimate of drug-likeness (QED) is 0.514. The molecule has 1 amide bonds. The first-order valence-electron chi connectivity index (χ1n) is 8.37. The number of amides is 1. The summed E-state index contributed by atoms with van der Waals surface area (Å²) in [6.07, 6.45) is 8.36. The Hall–Kier alpha value is -2.86. The third kappa shape index (κ3) is 5.31. The maximum absolute atomic E-state index is 12.9. The molecule has 2 heterocycles.